The van der Waals surface area contributed by atoms with E-state index in [0.29, 0.717) is 0 Å². The van der Waals surface area contributed by atoms with Crippen molar-refractivity contribution >= 4 is 23.2 Å². The fourth-order valence-corrected chi connectivity index (χ4v) is 1.50. The van der Waals surface area contributed by atoms with Crippen LogP contribution in [0.1, 0.15) is 10.4 Å². The molecule has 3 nitrogen and oxygen atoms in total. The molecule has 0 aliphatic carbocycles. The van der Waals surface area contributed by atoms with Gasteiger partial charge in [-0.05, 0) is 24.3 Å². The van der Waals surface area contributed by atoms with Crippen molar-refractivity contribution in [2.45, 2.75) is 0 Å². The van der Waals surface area contributed by atoms with E-state index in [9.17, 15) is 13.6 Å². The van der Waals surface area contributed by atoms with Gasteiger partial charge in [0.05, 0.1) is 22.5 Å². The van der Waals surface area contributed by atoms with Crippen LogP contribution in [-0.2, 0) is 0 Å². The van der Waals surface area contributed by atoms with E-state index in [0.717, 1.165) is 12.3 Å². The van der Waals surface area contributed by atoms with Gasteiger partial charge in [-0.25, -0.2) is 9.37 Å². The van der Waals surface area contributed by atoms with Crippen LogP contribution in [0.4, 0.5) is 14.5 Å². The number of pyridine rings is 1. The van der Waals surface area contributed by atoms with E-state index < -0.39 is 17.7 Å². The van der Waals surface area contributed by atoms with Crippen LogP contribution < -0.4 is 5.32 Å². The molecule has 2 rings (SSSR count). The van der Waals surface area contributed by atoms with Crippen molar-refractivity contribution < 1.29 is 13.6 Å². The average Bonchev–Trinajstić information content (AvgIpc) is 2.35. The third kappa shape index (κ3) is 2.62. The minimum Gasteiger partial charge on any atom is -0.320 e. The number of hydrogen-bond acceptors (Lipinski definition) is 2. The molecule has 0 aliphatic heterocycles. The quantitative estimate of drug-likeness (QED) is 0.850. The summed E-state index contributed by atoms with van der Waals surface area (Å²) < 4.78 is 26.1. The van der Waals surface area contributed by atoms with E-state index in [4.69, 9.17) is 11.6 Å². The first kappa shape index (κ1) is 12.4. The highest BCUT2D eigenvalue weighted by molar-refractivity contribution is 6.31. The zero-order valence-corrected chi connectivity index (χ0v) is 9.71. The van der Waals surface area contributed by atoms with Gasteiger partial charge in [0.2, 0.25) is 5.95 Å². The number of halogens is 3. The molecule has 2 aromatic rings. The Morgan fingerprint density at radius 1 is 1.22 bits per heavy atom. The van der Waals surface area contributed by atoms with Gasteiger partial charge >= 0.3 is 0 Å². The lowest BCUT2D eigenvalue weighted by Gasteiger charge is -2.06. The summed E-state index contributed by atoms with van der Waals surface area (Å²) in [5, 5.41) is 2.25. The summed E-state index contributed by atoms with van der Waals surface area (Å²) in [6.07, 6.45) is 1.13. The second kappa shape index (κ2) is 5.10. The number of hydrogen-bond donors (Lipinski definition) is 1. The minimum atomic E-state index is -0.799. The minimum absolute atomic E-state index is 0.139. The summed E-state index contributed by atoms with van der Waals surface area (Å²) in [6.45, 7) is 0. The molecule has 92 valence electrons. The van der Waals surface area contributed by atoms with E-state index >= 15 is 0 Å². The molecule has 18 heavy (non-hydrogen) atoms. The molecule has 0 unspecified atom stereocenters. The summed E-state index contributed by atoms with van der Waals surface area (Å²) in [5.41, 5.74) is 0.0765. The Hall–Kier alpha value is -2.01. The van der Waals surface area contributed by atoms with E-state index in [1.165, 1.54) is 24.3 Å². The highest BCUT2D eigenvalue weighted by Gasteiger charge is 2.14. The number of anilines is 1. The van der Waals surface area contributed by atoms with Gasteiger partial charge in [0.15, 0.2) is 5.82 Å². The van der Waals surface area contributed by atoms with Gasteiger partial charge < -0.3 is 5.32 Å². The Morgan fingerprint density at radius 3 is 2.67 bits per heavy atom. The molecular formula is C12H7ClF2N2O. The van der Waals surface area contributed by atoms with Gasteiger partial charge in [0, 0.05) is 0 Å². The highest BCUT2D eigenvalue weighted by atomic mass is 35.5. The molecule has 0 saturated heterocycles. The molecule has 6 heteroatoms. The number of amides is 1. The lowest BCUT2D eigenvalue weighted by Crippen LogP contribution is -2.14. The fourth-order valence-electron chi connectivity index (χ4n) is 1.33. The highest BCUT2D eigenvalue weighted by Crippen LogP contribution is 2.19. The molecule has 1 N–H and O–H groups in total. The van der Waals surface area contributed by atoms with Crippen LogP contribution in [0.15, 0.2) is 36.5 Å². The number of carbonyl (C=O) groups excluding carboxylic acids is 1. The second-order valence-corrected chi connectivity index (χ2v) is 3.83. The van der Waals surface area contributed by atoms with Gasteiger partial charge in [-0.1, -0.05) is 17.7 Å². The van der Waals surface area contributed by atoms with E-state index in [-0.39, 0.29) is 16.3 Å². The largest absolute Gasteiger partial charge is 0.320 e. The second-order valence-electron chi connectivity index (χ2n) is 3.43. The van der Waals surface area contributed by atoms with Crippen LogP contribution in [0.5, 0.6) is 0 Å². The van der Waals surface area contributed by atoms with E-state index in [2.05, 4.69) is 10.3 Å². The number of nitrogens with one attached hydrogen (secondary N) is 1. The van der Waals surface area contributed by atoms with E-state index in [1.54, 1.807) is 0 Å². The number of benzene rings is 1. The molecule has 0 saturated carbocycles. The summed E-state index contributed by atoms with van der Waals surface area (Å²) in [4.78, 5) is 15.1. The standard InChI is InChI=1S/C12H7ClF2N2O/c13-9-3-1-2-8(11(9)15)12(18)17-7-4-5-10(14)16-6-7/h1-6H,(H,17,18). The number of nitrogens with zero attached hydrogens (tertiary/aromatic N) is 1. The zero-order chi connectivity index (χ0) is 13.1. The van der Waals surface area contributed by atoms with Gasteiger partial charge in [0.25, 0.3) is 5.91 Å². The predicted molar refractivity (Wildman–Crippen MR) is 63.6 cm³/mol. The number of rotatable bonds is 2. The third-order valence-electron chi connectivity index (χ3n) is 2.18. The molecule has 0 atom stereocenters. The fraction of sp³-hybridized carbons (Fsp3) is 0. The average molecular weight is 269 g/mol. The van der Waals surface area contributed by atoms with Crippen molar-refractivity contribution in [1.82, 2.24) is 4.98 Å². The molecule has 1 heterocycles. The Labute approximate surface area is 106 Å². The lowest BCUT2D eigenvalue weighted by atomic mass is 10.2. The maximum atomic E-state index is 13.6. The number of aromatic nitrogens is 1. The van der Waals surface area contributed by atoms with Crippen molar-refractivity contribution in [3.8, 4) is 0 Å². The first-order chi connectivity index (χ1) is 8.58. The summed E-state index contributed by atoms with van der Waals surface area (Å²) in [7, 11) is 0. The van der Waals surface area contributed by atoms with Crippen LogP contribution in [0, 0.1) is 11.8 Å². The van der Waals surface area contributed by atoms with Gasteiger partial charge in [0.1, 0.15) is 0 Å². The molecule has 0 bridgehead atoms. The zero-order valence-electron chi connectivity index (χ0n) is 8.95. The van der Waals surface area contributed by atoms with Crippen LogP contribution in [0.2, 0.25) is 5.02 Å². The number of carbonyl (C=O) groups is 1. The summed E-state index contributed by atoms with van der Waals surface area (Å²) in [5.74, 6) is -2.14. The Bertz CT molecular complexity index is 587. The van der Waals surface area contributed by atoms with Gasteiger partial charge in [-0.2, -0.15) is 4.39 Å². The molecule has 0 aliphatic rings. The van der Waals surface area contributed by atoms with Crippen LogP contribution in [-0.4, -0.2) is 10.9 Å². The normalized spacial score (nSPS) is 10.2. The van der Waals surface area contributed by atoms with Crippen molar-refractivity contribution in [2.24, 2.45) is 0 Å². The predicted octanol–water partition coefficient (Wildman–Crippen LogP) is 3.27. The maximum absolute atomic E-state index is 13.6. The first-order valence-corrected chi connectivity index (χ1v) is 5.32. The molecule has 1 amide bonds. The molecule has 1 aromatic carbocycles. The van der Waals surface area contributed by atoms with Crippen molar-refractivity contribution in [2.75, 3.05) is 5.32 Å². The van der Waals surface area contributed by atoms with Crippen molar-refractivity contribution in [3.63, 3.8) is 0 Å². The van der Waals surface area contributed by atoms with Crippen molar-refractivity contribution in [1.29, 1.82) is 0 Å². The summed E-state index contributed by atoms with van der Waals surface area (Å²) >= 11 is 5.56. The monoisotopic (exact) mass is 268 g/mol. The topological polar surface area (TPSA) is 42.0 Å². The summed E-state index contributed by atoms with van der Waals surface area (Å²) in [6, 6.07) is 6.51. The molecule has 0 fully saturated rings. The lowest BCUT2D eigenvalue weighted by molar-refractivity contribution is 0.102. The molecule has 0 spiro atoms. The SMILES string of the molecule is O=C(Nc1ccc(F)nc1)c1cccc(Cl)c1F. The Kier molecular flexibility index (Phi) is 3.53. The molecule has 1 aromatic heterocycles. The molecular weight excluding hydrogens is 262 g/mol. The Morgan fingerprint density at radius 2 is 2.00 bits per heavy atom. The Balaban J connectivity index is 2.22. The first-order valence-electron chi connectivity index (χ1n) is 4.95. The third-order valence-corrected chi connectivity index (χ3v) is 2.47. The smallest absolute Gasteiger partial charge is 0.258 e. The van der Waals surface area contributed by atoms with Crippen LogP contribution in [0.25, 0.3) is 0 Å². The molecule has 0 radical (unpaired) electrons. The van der Waals surface area contributed by atoms with Crippen LogP contribution >= 0.6 is 11.6 Å². The van der Waals surface area contributed by atoms with Gasteiger partial charge in [-0.3, -0.25) is 4.79 Å². The van der Waals surface area contributed by atoms with E-state index in [1.807, 2.05) is 0 Å². The van der Waals surface area contributed by atoms with Crippen molar-refractivity contribution in [3.05, 3.63) is 58.9 Å². The maximum Gasteiger partial charge on any atom is 0.258 e. The van der Waals surface area contributed by atoms with Gasteiger partial charge in [-0.15, -0.1) is 0 Å². The van der Waals surface area contributed by atoms with Crippen LogP contribution in [0.3, 0.4) is 0 Å².